The first-order valence-corrected chi connectivity index (χ1v) is 12.5. The minimum Gasteiger partial charge on any atom is -0.349 e. The average molecular weight is 476 g/mol. The Kier molecular flexibility index (Phi) is 9.61. The summed E-state index contributed by atoms with van der Waals surface area (Å²) in [5.74, 6) is 0. The highest BCUT2D eigenvalue weighted by molar-refractivity contribution is 7.44. The second-order valence-corrected chi connectivity index (χ2v) is 11.4. The van der Waals surface area contributed by atoms with Gasteiger partial charge in [-0.25, -0.2) is 13.9 Å². The van der Waals surface area contributed by atoms with Gasteiger partial charge in [0, 0.05) is 24.3 Å². The van der Waals surface area contributed by atoms with Crippen molar-refractivity contribution in [2.75, 3.05) is 6.61 Å². The first-order valence-electron chi connectivity index (χ1n) is 11.3. The lowest BCUT2D eigenvalue weighted by atomic mass is 9.93. The molecule has 184 valence electrons. The Hall–Kier alpha value is -1.12. The number of halogens is 1. The summed E-state index contributed by atoms with van der Waals surface area (Å²) in [6.07, 6.45) is -1.62. The van der Waals surface area contributed by atoms with Crippen molar-refractivity contribution in [2.24, 2.45) is 5.41 Å². The Labute approximate surface area is 191 Å². The molecule has 2 heterocycles. The molecule has 1 N–H and O–H groups in total. The molecule has 1 fully saturated rings. The molecule has 0 saturated carbocycles. The first kappa shape index (κ1) is 27.1. The summed E-state index contributed by atoms with van der Waals surface area (Å²) in [6, 6.07) is 1.44. The van der Waals surface area contributed by atoms with Crippen LogP contribution in [0.3, 0.4) is 0 Å². The van der Waals surface area contributed by atoms with E-state index in [1.165, 1.54) is 12.3 Å². The molecule has 1 aliphatic rings. The number of nitrogens with zero attached hydrogens (tertiary/aromatic N) is 2. The second-order valence-electron chi connectivity index (χ2n) is 9.95. The SMILES string of the molecule is CC[C@H]1O[C@@H](n2ccc(=O)[nH]c2=O)[C@@H](F)C1OP(OCCC(C)(C)C)N(C(C)C)C(C)C. The van der Waals surface area contributed by atoms with Gasteiger partial charge in [0.1, 0.15) is 6.10 Å². The first-order chi connectivity index (χ1) is 14.9. The Morgan fingerprint density at radius 2 is 1.88 bits per heavy atom. The molecule has 0 aromatic carbocycles. The van der Waals surface area contributed by atoms with Crippen molar-refractivity contribution < 1.29 is 18.2 Å². The van der Waals surface area contributed by atoms with E-state index in [0.717, 1.165) is 11.0 Å². The smallest absolute Gasteiger partial charge is 0.330 e. The van der Waals surface area contributed by atoms with E-state index < -0.39 is 44.4 Å². The van der Waals surface area contributed by atoms with Crippen molar-refractivity contribution in [3.05, 3.63) is 33.1 Å². The molecular weight excluding hydrogens is 436 g/mol. The summed E-state index contributed by atoms with van der Waals surface area (Å²) < 4.78 is 37.2. The number of ether oxygens (including phenoxy) is 1. The predicted octanol–water partition coefficient (Wildman–Crippen LogP) is 4.37. The Morgan fingerprint density at radius 1 is 1.25 bits per heavy atom. The zero-order valence-corrected chi connectivity index (χ0v) is 21.4. The van der Waals surface area contributed by atoms with Crippen LogP contribution in [0.4, 0.5) is 4.39 Å². The topological polar surface area (TPSA) is 85.8 Å². The van der Waals surface area contributed by atoms with Crippen molar-refractivity contribution in [3.8, 4) is 0 Å². The Morgan fingerprint density at radius 3 is 2.38 bits per heavy atom. The van der Waals surface area contributed by atoms with Crippen LogP contribution in [0.5, 0.6) is 0 Å². The summed E-state index contributed by atoms with van der Waals surface area (Å²) in [6.45, 7) is 17.0. The van der Waals surface area contributed by atoms with Gasteiger partial charge in [-0.1, -0.05) is 27.7 Å². The molecule has 2 rings (SSSR count). The standard InChI is InChI=1S/C22H39FN3O5P/c1-9-16-19(18(23)20(30-16)25-12-10-17(27)24-21(25)28)31-32(26(14(2)3)15(4)5)29-13-11-22(6,7)8/h10,12,14-16,18-20H,9,11,13H2,1-8H3,(H,24,27,28)/t16-,18+,19?,20-,32?/m1/s1. The molecule has 1 aromatic heterocycles. The minimum absolute atomic E-state index is 0.100. The monoisotopic (exact) mass is 475 g/mol. The summed E-state index contributed by atoms with van der Waals surface area (Å²) in [7, 11) is -1.56. The maximum Gasteiger partial charge on any atom is 0.330 e. The molecule has 0 amide bonds. The molecule has 1 aliphatic heterocycles. The van der Waals surface area contributed by atoms with Gasteiger partial charge in [0.05, 0.1) is 12.7 Å². The number of alkyl halides is 1. The molecule has 0 bridgehead atoms. The predicted molar refractivity (Wildman–Crippen MR) is 124 cm³/mol. The minimum atomic E-state index is -1.60. The van der Waals surface area contributed by atoms with E-state index in [1.807, 2.05) is 6.92 Å². The lowest BCUT2D eigenvalue weighted by molar-refractivity contribution is -0.0274. The average Bonchev–Trinajstić information content (AvgIpc) is 2.96. The van der Waals surface area contributed by atoms with Gasteiger partial charge in [0.2, 0.25) is 0 Å². The zero-order chi connectivity index (χ0) is 24.2. The number of nitrogens with one attached hydrogen (secondary N) is 1. The maximum atomic E-state index is 15.6. The summed E-state index contributed by atoms with van der Waals surface area (Å²) >= 11 is 0. The normalized spacial score (nSPS) is 25.2. The Balaban J connectivity index is 2.28. The van der Waals surface area contributed by atoms with Crippen LogP contribution < -0.4 is 11.2 Å². The van der Waals surface area contributed by atoms with Gasteiger partial charge < -0.3 is 13.8 Å². The van der Waals surface area contributed by atoms with Crippen molar-refractivity contribution in [1.82, 2.24) is 14.2 Å². The van der Waals surface area contributed by atoms with E-state index >= 15 is 4.39 Å². The van der Waals surface area contributed by atoms with Gasteiger partial charge in [0.25, 0.3) is 14.1 Å². The molecule has 0 aliphatic carbocycles. The molecule has 10 heteroatoms. The molecule has 2 unspecified atom stereocenters. The van der Waals surface area contributed by atoms with Crippen molar-refractivity contribution in [3.63, 3.8) is 0 Å². The van der Waals surface area contributed by atoms with Gasteiger partial charge >= 0.3 is 5.69 Å². The van der Waals surface area contributed by atoms with Crippen LogP contribution in [0, 0.1) is 5.41 Å². The van der Waals surface area contributed by atoms with E-state index in [1.54, 1.807) is 0 Å². The van der Waals surface area contributed by atoms with Gasteiger partial charge in [-0.2, -0.15) is 0 Å². The van der Waals surface area contributed by atoms with Gasteiger partial charge in [-0.05, 0) is 46.0 Å². The fourth-order valence-corrected chi connectivity index (χ4v) is 5.42. The van der Waals surface area contributed by atoms with Crippen molar-refractivity contribution in [1.29, 1.82) is 0 Å². The summed E-state index contributed by atoms with van der Waals surface area (Å²) in [5.41, 5.74) is -1.15. The molecule has 1 saturated heterocycles. The van der Waals surface area contributed by atoms with Crippen LogP contribution in [-0.4, -0.2) is 51.3 Å². The fraction of sp³-hybridized carbons (Fsp3) is 0.818. The largest absolute Gasteiger partial charge is 0.349 e. The molecule has 8 nitrogen and oxygen atoms in total. The van der Waals surface area contributed by atoms with Crippen LogP contribution in [0.1, 0.15) is 74.5 Å². The number of H-pyrrole nitrogens is 1. The molecule has 5 atom stereocenters. The molecule has 0 spiro atoms. The molecule has 32 heavy (non-hydrogen) atoms. The number of rotatable bonds is 10. The third kappa shape index (κ3) is 6.94. The number of hydrogen-bond donors (Lipinski definition) is 1. The lowest BCUT2D eigenvalue weighted by Gasteiger charge is -2.38. The van der Waals surface area contributed by atoms with Gasteiger partial charge in [0.15, 0.2) is 12.4 Å². The highest BCUT2D eigenvalue weighted by atomic mass is 31.2. The lowest BCUT2D eigenvalue weighted by Crippen LogP contribution is -2.39. The van der Waals surface area contributed by atoms with Crippen LogP contribution in [0.25, 0.3) is 0 Å². The highest BCUT2D eigenvalue weighted by Gasteiger charge is 2.49. The second kappa shape index (κ2) is 11.3. The van der Waals surface area contributed by atoms with Gasteiger partial charge in [-0.15, -0.1) is 0 Å². The van der Waals surface area contributed by atoms with Gasteiger partial charge in [-0.3, -0.25) is 14.3 Å². The van der Waals surface area contributed by atoms with E-state index in [-0.39, 0.29) is 17.5 Å². The fourth-order valence-electron chi connectivity index (χ4n) is 3.66. The van der Waals surface area contributed by atoms with Crippen LogP contribution in [0.15, 0.2) is 21.9 Å². The Bertz CT molecular complexity index is 830. The van der Waals surface area contributed by atoms with Crippen LogP contribution >= 0.6 is 8.53 Å². The molecule has 1 aromatic rings. The van der Waals surface area contributed by atoms with E-state index in [4.69, 9.17) is 13.8 Å². The third-order valence-corrected chi connectivity index (χ3v) is 7.44. The van der Waals surface area contributed by atoms with E-state index in [9.17, 15) is 9.59 Å². The van der Waals surface area contributed by atoms with E-state index in [0.29, 0.717) is 13.0 Å². The molecule has 0 radical (unpaired) electrons. The zero-order valence-electron chi connectivity index (χ0n) is 20.5. The highest BCUT2D eigenvalue weighted by Crippen LogP contribution is 2.51. The van der Waals surface area contributed by atoms with Crippen LogP contribution in [0.2, 0.25) is 0 Å². The third-order valence-electron chi connectivity index (χ3n) is 5.31. The number of aromatic nitrogens is 2. The number of hydrogen-bond acceptors (Lipinski definition) is 6. The summed E-state index contributed by atoms with van der Waals surface area (Å²) in [5, 5.41) is 0. The maximum absolute atomic E-state index is 15.6. The quantitative estimate of drug-likeness (QED) is 0.506. The van der Waals surface area contributed by atoms with Crippen LogP contribution in [-0.2, 0) is 13.8 Å². The van der Waals surface area contributed by atoms with E-state index in [2.05, 4.69) is 58.1 Å². The number of aromatic amines is 1. The van der Waals surface area contributed by atoms with Crippen molar-refractivity contribution in [2.45, 2.75) is 105 Å². The molecular formula is C22H39FN3O5P. The van der Waals surface area contributed by atoms with Crippen molar-refractivity contribution >= 4 is 8.53 Å². The summed E-state index contributed by atoms with van der Waals surface area (Å²) in [4.78, 5) is 25.8.